The standard InChI is InChI=1S/C14H16N2O2/c1-10-8-15-13(11(2)14(10)18-3)9-16-6-4-12(17)5-7-16/h4-8H,9H2,1-3H3. The Hall–Kier alpha value is -2.10. The molecule has 0 fully saturated rings. The maximum atomic E-state index is 11.0. The second kappa shape index (κ2) is 5.04. The van der Waals surface area contributed by atoms with Crippen LogP contribution >= 0.6 is 0 Å². The summed E-state index contributed by atoms with van der Waals surface area (Å²) >= 11 is 0. The van der Waals surface area contributed by atoms with Crippen LogP contribution in [0.3, 0.4) is 0 Å². The summed E-state index contributed by atoms with van der Waals surface area (Å²) in [5.41, 5.74) is 3.02. The van der Waals surface area contributed by atoms with Crippen molar-refractivity contribution < 1.29 is 4.74 Å². The van der Waals surface area contributed by atoms with E-state index in [9.17, 15) is 4.79 Å². The van der Waals surface area contributed by atoms with Crippen molar-refractivity contribution in [3.8, 4) is 5.75 Å². The first kappa shape index (κ1) is 12.4. The third-order valence-corrected chi connectivity index (χ3v) is 2.94. The number of hydrogen-bond donors (Lipinski definition) is 0. The molecule has 0 spiro atoms. The lowest BCUT2D eigenvalue weighted by Crippen LogP contribution is -2.08. The molecule has 0 atom stereocenters. The van der Waals surface area contributed by atoms with Crippen molar-refractivity contribution in [2.75, 3.05) is 7.11 Å². The molecule has 0 aliphatic heterocycles. The van der Waals surface area contributed by atoms with Crippen molar-refractivity contribution >= 4 is 0 Å². The van der Waals surface area contributed by atoms with Gasteiger partial charge < -0.3 is 9.30 Å². The summed E-state index contributed by atoms with van der Waals surface area (Å²) in [5, 5.41) is 0. The predicted octanol–water partition coefficient (Wildman–Crippen LogP) is 1.92. The van der Waals surface area contributed by atoms with Crippen LogP contribution in [-0.4, -0.2) is 16.7 Å². The topological polar surface area (TPSA) is 44.1 Å². The fourth-order valence-corrected chi connectivity index (χ4v) is 1.95. The number of nitrogens with zero attached hydrogens (tertiary/aromatic N) is 2. The minimum Gasteiger partial charge on any atom is -0.496 e. The summed E-state index contributed by atoms with van der Waals surface area (Å²) in [6.45, 7) is 4.60. The Bertz CT molecular complexity index is 597. The second-order valence-electron chi connectivity index (χ2n) is 4.25. The number of ether oxygens (including phenoxy) is 1. The van der Waals surface area contributed by atoms with Gasteiger partial charge in [-0.1, -0.05) is 0 Å². The highest BCUT2D eigenvalue weighted by atomic mass is 16.5. The van der Waals surface area contributed by atoms with E-state index in [0.29, 0.717) is 6.54 Å². The first-order valence-electron chi connectivity index (χ1n) is 5.77. The van der Waals surface area contributed by atoms with Gasteiger partial charge >= 0.3 is 0 Å². The highest BCUT2D eigenvalue weighted by Gasteiger charge is 2.09. The van der Waals surface area contributed by atoms with Crippen LogP contribution in [0.5, 0.6) is 5.75 Å². The van der Waals surface area contributed by atoms with Crippen LogP contribution in [0.2, 0.25) is 0 Å². The Labute approximate surface area is 106 Å². The number of pyridine rings is 2. The fraction of sp³-hybridized carbons (Fsp3) is 0.286. The Morgan fingerprint density at radius 1 is 1.28 bits per heavy atom. The SMILES string of the molecule is COc1c(C)cnc(Cn2ccc(=O)cc2)c1C. The van der Waals surface area contributed by atoms with E-state index in [0.717, 1.165) is 22.6 Å². The number of methoxy groups -OCH3 is 1. The van der Waals surface area contributed by atoms with Gasteiger partial charge in [0.1, 0.15) is 5.75 Å². The van der Waals surface area contributed by atoms with Gasteiger partial charge in [-0.05, 0) is 13.8 Å². The molecule has 0 aliphatic carbocycles. The van der Waals surface area contributed by atoms with Gasteiger partial charge in [0.25, 0.3) is 0 Å². The van der Waals surface area contributed by atoms with E-state index >= 15 is 0 Å². The number of rotatable bonds is 3. The average molecular weight is 244 g/mol. The summed E-state index contributed by atoms with van der Waals surface area (Å²) in [7, 11) is 1.67. The molecule has 0 amide bonds. The smallest absolute Gasteiger partial charge is 0.181 e. The Morgan fingerprint density at radius 2 is 1.94 bits per heavy atom. The zero-order valence-electron chi connectivity index (χ0n) is 10.8. The van der Waals surface area contributed by atoms with E-state index in [2.05, 4.69) is 4.98 Å². The fourth-order valence-electron chi connectivity index (χ4n) is 1.95. The monoisotopic (exact) mass is 244 g/mol. The quantitative estimate of drug-likeness (QED) is 0.828. The molecule has 2 aromatic rings. The first-order valence-corrected chi connectivity index (χ1v) is 5.77. The lowest BCUT2D eigenvalue weighted by molar-refractivity contribution is 0.406. The molecule has 0 bridgehead atoms. The normalized spacial score (nSPS) is 10.4. The summed E-state index contributed by atoms with van der Waals surface area (Å²) in [6, 6.07) is 3.08. The van der Waals surface area contributed by atoms with Crippen molar-refractivity contribution in [3.05, 3.63) is 57.8 Å². The van der Waals surface area contributed by atoms with Crippen molar-refractivity contribution in [1.29, 1.82) is 0 Å². The molecule has 0 saturated heterocycles. The maximum Gasteiger partial charge on any atom is 0.181 e. The lowest BCUT2D eigenvalue weighted by atomic mass is 10.1. The van der Waals surface area contributed by atoms with Crippen LogP contribution in [0, 0.1) is 13.8 Å². The maximum absolute atomic E-state index is 11.0. The Balaban J connectivity index is 2.35. The van der Waals surface area contributed by atoms with Gasteiger partial charge in [-0.2, -0.15) is 0 Å². The molecule has 18 heavy (non-hydrogen) atoms. The molecule has 0 N–H and O–H groups in total. The van der Waals surface area contributed by atoms with Crippen molar-refractivity contribution in [2.24, 2.45) is 0 Å². The van der Waals surface area contributed by atoms with Gasteiger partial charge in [0.2, 0.25) is 0 Å². The number of aromatic nitrogens is 2. The van der Waals surface area contributed by atoms with Crippen molar-refractivity contribution in [2.45, 2.75) is 20.4 Å². The van der Waals surface area contributed by atoms with Gasteiger partial charge in [0, 0.05) is 41.9 Å². The second-order valence-corrected chi connectivity index (χ2v) is 4.25. The van der Waals surface area contributed by atoms with Crippen LogP contribution in [0.1, 0.15) is 16.8 Å². The van der Waals surface area contributed by atoms with Gasteiger partial charge in [-0.25, -0.2) is 0 Å². The zero-order chi connectivity index (χ0) is 13.1. The highest BCUT2D eigenvalue weighted by molar-refractivity contribution is 5.41. The van der Waals surface area contributed by atoms with Crippen molar-refractivity contribution in [1.82, 2.24) is 9.55 Å². The lowest BCUT2D eigenvalue weighted by Gasteiger charge is -2.13. The molecule has 0 aromatic carbocycles. The molecule has 2 aromatic heterocycles. The molecule has 94 valence electrons. The van der Waals surface area contributed by atoms with Gasteiger partial charge in [0.05, 0.1) is 19.3 Å². The molecule has 4 heteroatoms. The summed E-state index contributed by atoms with van der Waals surface area (Å²) in [5.74, 6) is 0.876. The minimum atomic E-state index is 0.0115. The van der Waals surface area contributed by atoms with E-state index in [-0.39, 0.29) is 5.43 Å². The summed E-state index contributed by atoms with van der Waals surface area (Å²) in [4.78, 5) is 15.5. The Morgan fingerprint density at radius 3 is 2.56 bits per heavy atom. The molecule has 0 aliphatic rings. The van der Waals surface area contributed by atoms with E-state index in [1.54, 1.807) is 31.6 Å². The molecule has 0 unspecified atom stereocenters. The molecule has 0 radical (unpaired) electrons. The molecular formula is C14H16N2O2. The van der Waals surface area contributed by atoms with E-state index in [1.165, 1.54) is 0 Å². The van der Waals surface area contributed by atoms with Crippen LogP contribution in [0.25, 0.3) is 0 Å². The molecule has 2 rings (SSSR count). The van der Waals surface area contributed by atoms with Crippen LogP contribution in [0.15, 0.2) is 35.5 Å². The van der Waals surface area contributed by atoms with E-state index < -0.39 is 0 Å². The van der Waals surface area contributed by atoms with Crippen LogP contribution in [-0.2, 0) is 6.54 Å². The highest BCUT2D eigenvalue weighted by Crippen LogP contribution is 2.24. The predicted molar refractivity (Wildman–Crippen MR) is 70.1 cm³/mol. The number of aryl methyl sites for hydroxylation is 1. The first-order chi connectivity index (χ1) is 8.61. The van der Waals surface area contributed by atoms with E-state index in [1.807, 2.05) is 24.6 Å². The molecule has 0 saturated carbocycles. The van der Waals surface area contributed by atoms with Gasteiger partial charge in [0.15, 0.2) is 5.43 Å². The third kappa shape index (κ3) is 2.42. The van der Waals surface area contributed by atoms with Gasteiger partial charge in [-0.3, -0.25) is 9.78 Å². The molecule has 4 nitrogen and oxygen atoms in total. The largest absolute Gasteiger partial charge is 0.496 e. The third-order valence-electron chi connectivity index (χ3n) is 2.94. The zero-order valence-corrected chi connectivity index (χ0v) is 10.8. The van der Waals surface area contributed by atoms with Gasteiger partial charge in [-0.15, -0.1) is 0 Å². The van der Waals surface area contributed by atoms with Crippen LogP contribution < -0.4 is 10.2 Å². The van der Waals surface area contributed by atoms with E-state index in [4.69, 9.17) is 4.74 Å². The molecular weight excluding hydrogens is 228 g/mol. The molecule has 2 heterocycles. The summed E-state index contributed by atoms with van der Waals surface area (Å²) < 4.78 is 7.30. The average Bonchev–Trinajstić information content (AvgIpc) is 2.36. The number of hydrogen-bond acceptors (Lipinski definition) is 3. The van der Waals surface area contributed by atoms with Crippen molar-refractivity contribution in [3.63, 3.8) is 0 Å². The summed E-state index contributed by atoms with van der Waals surface area (Å²) in [6.07, 6.45) is 5.33. The minimum absolute atomic E-state index is 0.0115. The Kier molecular flexibility index (Phi) is 3.46. The van der Waals surface area contributed by atoms with Crippen LogP contribution in [0.4, 0.5) is 0 Å².